The number of hydrogen-bond donors (Lipinski definition) is 1. The molecular formula is C16H18N2O2. The number of benzene rings is 1. The van der Waals surface area contributed by atoms with Gasteiger partial charge in [-0.1, -0.05) is 19.1 Å². The first-order chi connectivity index (χ1) is 9.58. The van der Waals surface area contributed by atoms with Gasteiger partial charge in [-0.15, -0.1) is 0 Å². The summed E-state index contributed by atoms with van der Waals surface area (Å²) in [5, 5.41) is 9.04. The Kier molecular flexibility index (Phi) is 4.03. The Balaban J connectivity index is 2.68. The van der Waals surface area contributed by atoms with Crippen LogP contribution in [0, 0.1) is 6.92 Å². The van der Waals surface area contributed by atoms with Gasteiger partial charge in [0.2, 0.25) is 0 Å². The molecule has 0 amide bonds. The lowest BCUT2D eigenvalue weighted by Gasteiger charge is -2.08. The fourth-order valence-electron chi connectivity index (χ4n) is 2.27. The predicted octanol–water partition coefficient (Wildman–Crippen LogP) is 3.87. The molecule has 2 aromatic rings. The van der Waals surface area contributed by atoms with Crippen LogP contribution in [0.15, 0.2) is 36.4 Å². The van der Waals surface area contributed by atoms with Gasteiger partial charge >= 0.3 is 5.97 Å². The molecule has 4 nitrogen and oxygen atoms in total. The Morgan fingerprint density at radius 1 is 1.45 bits per heavy atom. The average Bonchev–Trinajstić information content (AvgIpc) is 2.73. The molecule has 0 unspecified atom stereocenters. The monoisotopic (exact) mass is 270 g/mol. The Labute approximate surface area is 118 Å². The number of aromatic carboxylic acids is 1. The molecule has 0 aliphatic carbocycles. The van der Waals surface area contributed by atoms with Gasteiger partial charge in [0, 0.05) is 5.70 Å². The first-order valence-corrected chi connectivity index (χ1v) is 6.64. The minimum absolute atomic E-state index is 0.259. The van der Waals surface area contributed by atoms with Crippen LogP contribution in [0.5, 0.6) is 0 Å². The molecule has 1 aromatic carbocycles. The average molecular weight is 270 g/mol. The molecule has 0 fully saturated rings. The number of carboxylic acids is 1. The first kappa shape index (κ1) is 14.1. The highest BCUT2D eigenvalue weighted by Gasteiger charge is 2.12. The number of allylic oxidation sites excluding steroid dienone is 4. The van der Waals surface area contributed by atoms with Crippen LogP contribution in [-0.4, -0.2) is 20.6 Å². The normalized spacial score (nSPS) is 12.4. The lowest BCUT2D eigenvalue weighted by Crippen LogP contribution is -1.98. The summed E-state index contributed by atoms with van der Waals surface area (Å²) in [4.78, 5) is 15.5. The van der Waals surface area contributed by atoms with E-state index in [1.807, 2.05) is 36.6 Å². The Morgan fingerprint density at radius 2 is 2.20 bits per heavy atom. The zero-order chi connectivity index (χ0) is 14.7. The van der Waals surface area contributed by atoms with Crippen molar-refractivity contribution in [3.8, 4) is 0 Å². The maximum Gasteiger partial charge on any atom is 0.335 e. The second-order valence-electron chi connectivity index (χ2n) is 4.54. The summed E-state index contributed by atoms with van der Waals surface area (Å²) < 4.78 is 2.05. The number of aromatic nitrogens is 2. The van der Waals surface area contributed by atoms with E-state index in [2.05, 4.69) is 18.0 Å². The van der Waals surface area contributed by atoms with Gasteiger partial charge in [-0.25, -0.2) is 9.78 Å². The van der Waals surface area contributed by atoms with Crippen LogP contribution < -0.4 is 0 Å². The number of hydrogen-bond acceptors (Lipinski definition) is 2. The maximum atomic E-state index is 11.0. The van der Waals surface area contributed by atoms with Gasteiger partial charge in [0.1, 0.15) is 5.82 Å². The zero-order valence-electron chi connectivity index (χ0n) is 11.9. The number of nitrogens with zero attached hydrogens (tertiary/aromatic N) is 2. The molecule has 4 heteroatoms. The molecule has 0 saturated heterocycles. The van der Waals surface area contributed by atoms with E-state index >= 15 is 0 Å². The van der Waals surface area contributed by atoms with E-state index in [0.717, 1.165) is 23.5 Å². The van der Waals surface area contributed by atoms with Crippen LogP contribution in [0.2, 0.25) is 0 Å². The van der Waals surface area contributed by atoms with E-state index in [0.29, 0.717) is 5.52 Å². The van der Waals surface area contributed by atoms with Crippen molar-refractivity contribution in [3.05, 3.63) is 47.8 Å². The summed E-state index contributed by atoms with van der Waals surface area (Å²) in [5.41, 5.74) is 2.94. The van der Waals surface area contributed by atoms with Crippen LogP contribution in [-0.2, 0) is 0 Å². The summed E-state index contributed by atoms with van der Waals surface area (Å²) in [6.45, 7) is 5.98. The molecule has 104 valence electrons. The highest BCUT2D eigenvalue weighted by atomic mass is 16.4. The van der Waals surface area contributed by atoms with Gasteiger partial charge in [-0.05, 0) is 44.5 Å². The summed E-state index contributed by atoms with van der Waals surface area (Å²) in [6.07, 6.45) is 7.06. The van der Waals surface area contributed by atoms with Gasteiger partial charge in [0.25, 0.3) is 0 Å². The molecule has 2 rings (SSSR count). The van der Waals surface area contributed by atoms with Crippen molar-refractivity contribution in [2.24, 2.45) is 0 Å². The third-order valence-electron chi connectivity index (χ3n) is 3.08. The van der Waals surface area contributed by atoms with Crippen LogP contribution in [0.4, 0.5) is 0 Å². The third kappa shape index (κ3) is 2.50. The van der Waals surface area contributed by atoms with E-state index in [-0.39, 0.29) is 5.56 Å². The van der Waals surface area contributed by atoms with Crippen molar-refractivity contribution in [2.45, 2.75) is 27.2 Å². The lowest BCUT2D eigenvalue weighted by molar-refractivity contribution is 0.0697. The lowest BCUT2D eigenvalue weighted by atomic mass is 10.2. The highest BCUT2D eigenvalue weighted by Crippen LogP contribution is 2.23. The molecular weight excluding hydrogens is 252 g/mol. The van der Waals surface area contributed by atoms with Gasteiger partial charge in [0.15, 0.2) is 0 Å². The van der Waals surface area contributed by atoms with E-state index in [9.17, 15) is 4.79 Å². The Morgan fingerprint density at radius 3 is 2.80 bits per heavy atom. The van der Waals surface area contributed by atoms with Crippen LogP contribution in [0.1, 0.15) is 36.5 Å². The number of aryl methyl sites for hydroxylation is 1. The number of imidazole rings is 1. The fourth-order valence-corrected chi connectivity index (χ4v) is 2.27. The van der Waals surface area contributed by atoms with Gasteiger partial charge in [0.05, 0.1) is 16.6 Å². The number of carbonyl (C=O) groups is 1. The molecule has 1 N–H and O–H groups in total. The van der Waals surface area contributed by atoms with Crippen LogP contribution in [0.3, 0.4) is 0 Å². The van der Waals surface area contributed by atoms with Crippen molar-refractivity contribution in [1.29, 1.82) is 0 Å². The quantitative estimate of drug-likeness (QED) is 0.858. The minimum atomic E-state index is -0.933. The molecule has 0 spiro atoms. The molecule has 0 atom stereocenters. The number of fused-ring (bicyclic) bond motifs is 1. The first-order valence-electron chi connectivity index (χ1n) is 6.64. The second kappa shape index (κ2) is 5.74. The molecule has 20 heavy (non-hydrogen) atoms. The second-order valence-corrected chi connectivity index (χ2v) is 4.54. The van der Waals surface area contributed by atoms with Gasteiger partial charge in [-0.3, -0.25) is 4.57 Å². The minimum Gasteiger partial charge on any atom is -0.478 e. The predicted molar refractivity (Wildman–Crippen MR) is 80.8 cm³/mol. The molecule has 0 bridgehead atoms. The highest BCUT2D eigenvalue weighted by molar-refractivity contribution is 5.93. The van der Waals surface area contributed by atoms with Gasteiger partial charge < -0.3 is 5.11 Å². The van der Waals surface area contributed by atoms with E-state index in [1.165, 1.54) is 0 Å². The Bertz CT molecular complexity index is 709. The number of rotatable bonds is 4. The van der Waals surface area contributed by atoms with Gasteiger partial charge in [-0.2, -0.15) is 0 Å². The maximum absolute atomic E-state index is 11.0. The topological polar surface area (TPSA) is 55.1 Å². The van der Waals surface area contributed by atoms with E-state index < -0.39 is 5.97 Å². The molecule has 1 aromatic heterocycles. The smallest absolute Gasteiger partial charge is 0.335 e. The molecule has 0 aliphatic heterocycles. The number of carboxylic acid groups (broad SMARTS) is 1. The summed E-state index contributed by atoms with van der Waals surface area (Å²) in [7, 11) is 0. The van der Waals surface area contributed by atoms with Crippen molar-refractivity contribution in [3.63, 3.8) is 0 Å². The summed E-state index contributed by atoms with van der Waals surface area (Å²) in [6, 6.07) is 5.04. The molecule has 1 heterocycles. The molecule has 0 saturated carbocycles. The van der Waals surface area contributed by atoms with E-state index in [1.54, 1.807) is 12.1 Å². The standard InChI is InChI=1S/C16H18N2O2/c1-4-6-13(7-5-2)18-11(3)17-14-10-12(16(19)20)8-9-15(14)18/h4,6-10H,5H2,1-3H3,(H,19,20)/b6-4-,13-7+. The van der Waals surface area contributed by atoms with Crippen molar-refractivity contribution in [2.75, 3.05) is 0 Å². The fraction of sp³-hybridized carbons (Fsp3) is 0.250. The van der Waals surface area contributed by atoms with Crippen molar-refractivity contribution >= 4 is 22.7 Å². The van der Waals surface area contributed by atoms with Crippen molar-refractivity contribution < 1.29 is 9.90 Å². The summed E-state index contributed by atoms with van der Waals surface area (Å²) in [5.74, 6) is -0.0859. The zero-order valence-corrected chi connectivity index (χ0v) is 11.9. The molecule has 0 aliphatic rings. The largest absolute Gasteiger partial charge is 0.478 e. The molecule has 0 radical (unpaired) electrons. The van der Waals surface area contributed by atoms with Crippen LogP contribution in [0.25, 0.3) is 16.7 Å². The van der Waals surface area contributed by atoms with Crippen molar-refractivity contribution in [1.82, 2.24) is 9.55 Å². The Hall–Kier alpha value is -2.36. The van der Waals surface area contributed by atoms with Crippen LogP contribution >= 0.6 is 0 Å². The summed E-state index contributed by atoms with van der Waals surface area (Å²) >= 11 is 0. The third-order valence-corrected chi connectivity index (χ3v) is 3.08. The SMILES string of the molecule is C/C=C\C(=C/CC)n1c(C)nc2cc(C(=O)O)ccc21. The van der Waals surface area contributed by atoms with E-state index in [4.69, 9.17) is 5.11 Å².